The number of nitrogens with zero attached hydrogens (tertiary/aromatic N) is 1. The summed E-state index contributed by atoms with van der Waals surface area (Å²) >= 11 is 0. The molecule has 0 unspecified atom stereocenters. The fourth-order valence-corrected chi connectivity index (χ4v) is 2.84. The van der Waals surface area contributed by atoms with Crippen LogP contribution < -0.4 is 16.0 Å². The minimum atomic E-state index is -0.419. The lowest BCUT2D eigenvalue weighted by atomic mass is 9.92. The molecule has 0 heterocycles. The predicted molar refractivity (Wildman–Crippen MR) is 105 cm³/mol. The third kappa shape index (κ3) is 4.29. The van der Waals surface area contributed by atoms with E-state index < -0.39 is 5.54 Å². The molecule has 0 saturated heterocycles. The maximum absolute atomic E-state index is 12.7. The Kier molecular flexibility index (Phi) is 6.52. The highest BCUT2D eigenvalue weighted by Gasteiger charge is 2.27. The minimum Gasteiger partial charge on any atom is -0.345 e. The van der Waals surface area contributed by atoms with Crippen molar-refractivity contribution in [2.24, 2.45) is 5.73 Å². The lowest BCUT2D eigenvalue weighted by Crippen LogP contribution is -2.52. The van der Waals surface area contributed by atoms with E-state index >= 15 is 0 Å². The van der Waals surface area contributed by atoms with Crippen LogP contribution >= 0.6 is 0 Å². The maximum atomic E-state index is 12.7. The molecule has 138 valence electrons. The molecule has 5 nitrogen and oxygen atoms in total. The number of rotatable bonds is 7. The predicted octanol–water partition coefficient (Wildman–Crippen LogP) is 3.21. The molecule has 0 radical (unpaired) electrons. The van der Waals surface area contributed by atoms with Gasteiger partial charge in [-0.1, -0.05) is 38.1 Å². The molecule has 5 heteroatoms. The summed E-state index contributed by atoms with van der Waals surface area (Å²) in [6.45, 7) is 4.39. The van der Waals surface area contributed by atoms with Crippen LogP contribution in [-0.4, -0.2) is 30.9 Å². The van der Waals surface area contributed by atoms with E-state index in [1.54, 1.807) is 36.2 Å². The number of para-hydroxylation sites is 1. The quantitative estimate of drug-likeness (QED) is 0.802. The molecule has 3 N–H and O–H groups in total. The van der Waals surface area contributed by atoms with Crippen molar-refractivity contribution < 1.29 is 9.59 Å². The van der Waals surface area contributed by atoms with Crippen LogP contribution in [0, 0.1) is 0 Å². The number of nitrogens with one attached hydrogen (secondary N) is 1. The van der Waals surface area contributed by atoms with Gasteiger partial charge in [0, 0.05) is 30.4 Å². The molecule has 0 aliphatic carbocycles. The van der Waals surface area contributed by atoms with Crippen LogP contribution in [0.4, 0.5) is 5.69 Å². The Balaban J connectivity index is 2.22. The average molecular weight is 353 g/mol. The second kappa shape index (κ2) is 8.63. The number of carbonyl (C=O) groups is 2. The largest absolute Gasteiger partial charge is 0.345 e. The zero-order valence-electron chi connectivity index (χ0n) is 15.7. The van der Waals surface area contributed by atoms with Gasteiger partial charge in [0.25, 0.3) is 11.8 Å². The summed E-state index contributed by atoms with van der Waals surface area (Å²) in [6.07, 6.45) is 1.50. The maximum Gasteiger partial charge on any atom is 0.258 e. The molecule has 0 aliphatic heterocycles. The summed E-state index contributed by atoms with van der Waals surface area (Å²) in [5.74, 6) is -0.377. The molecule has 0 atom stereocenters. The number of carbonyl (C=O) groups excluding carboxylic acids is 2. The number of amides is 2. The van der Waals surface area contributed by atoms with Gasteiger partial charge in [-0.15, -0.1) is 0 Å². The molecule has 2 aromatic rings. The van der Waals surface area contributed by atoms with E-state index in [2.05, 4.69) is 5.32 Å². The van der Waals surface area contributed by atoms with Gasteiger partial charge in [0.2, 0.25) is 0 Å². The Morgan fingerprint density at radius 3 is 2.19 bits per heavy atom. The van der Waals surface area contributed by atoms with E-state index in [9.17, 15) is 9.59 Å². The Morgan fingerprint density at radius 2 is 1.62 bits per heavy atom. The van der Waals surface area contributed by atoms with Crippen LogP contribution in [0.5, 0.6) is 0 Å². The van der Waals surface area contributed by atoms with E-state index in [0.29, 0.717) is 17.7 Å². The van der Waals surface area contributed by atoms with Crippen molar-refractivity contribution in [3.63, 3.8) is 0 Å². The Labute approximate surface area is 155 Å². The summed E-state index contributed by atoms with van der Waals surface area (Å²) in [5, 5.41) is 3.03. The standard InChI is InChI=1S/C21H27N3O2/c1-4-21(5-2,15-22)23-19(25)16-10-9-11-17(14-16)20(26)24(3)18-12-7-6-8-13-18/h6-14H,4-5,15,22H2,1-3H3,(H,23,25). The first-order valence-electron chi connectivity index (χ1n) is 8.92. The van der Waals surface area contributed by atoms with Gasteiger partial charge in [-0.2, -0.15) is 0 Å². The van der Waals surface area contributed by atoms with Crippen molar-refractivity contribution in [3.8, 4) is 0 Å². The second-order valence-corrected chi connectivity index (χ2v) is 6.43. The lowest BCUT2D eigenvalue weighted by Gasteiger charge is -2.31. The van der Waals surface area contributed by atoms with E-state index in [0.717, 1.165) is 18.5 Å². The van der Waals surface area contributed by atoms with Gasteiger partial charge in [-0.05, 0) is 43.2 Å². The molecule has 2 amide bonds. The van der Waals surface area contributed by atoms with E-state index in [4.69, 9.17) is 5.73 Å². The van der Waals surface area contributed by atoms with Crippen LogP contribution in [0.3, 0.4) is 0 Å². The normalized spacial score (nSPS) is 11.1. The summed E-state index contributed by atoms with van der Waals surface area (Å²) in [6, 6.07) is 16.2. The lowest BCUT2D eigenvalue weighted by molar-refractivity contribution is 0.0895. The second-order valence-electron chi connectivity index (χ2n) is 6.43. The van der Waals surface area contributed by atoms with E-state index in [1.807, 2.05) is 44.2 Å². The Morgan fingerprint density at radius 1 is 1.00 bits per heavy atom. The highest BCUT2D eigenvalue weighted by Crippen LogP contribution is 2.17. The summed E-state index contributed by atoms with van der Waals surface area (Å²) in [5.41, 5.74) is 7.16. The van der Waals surface area contributed by atoms with Gasteiger partial charge in [0.05, 0.1) is 5.54 Å². The summed E-state index contributed by atoms with van der Waals surface area (Å²) < 4.78 is 0. The van der Waals surface area contributed by atoms with Gasteiger partial charge in [0.15, 0.2) is 0 Å². The molecular formula is C21H27N3O2. The number of nitrogens with two attached hydrogens (primary N) is 1. The number of hydrogen-bond acceptors (Lipinski definition) is 3. The molecule has 26 heavy (non-hydrogen) atoms. The molecule has 0 saturated carbocycles. The highest BCUT2D eigenvalue weighted by molar-refractivity contribution is 6.07. The molecule has 0 aliphatic rings. The van der Waals surface area contributed by atoms with Crippen molar-refractivity contribution in [2.45, 2.75) is 32.2 Å². The van der Waals surface area contributed by atoms with Crippen LogP contribution in [0.1, 0.15) is 47.4 Å². The topological polar surface area (TPSA) is 75.4 Å². The molecule has 2 rings (SSSR count). The highest BCUT2D eigenvalue weighted by atomic mass is 16.2. The number of benzene rings is 2. The summed E-state index contributed by atoms with van der Waals surface area (Å²) in [4.78, 5) is 27.0. The van der Waals surface area contributed by atoms with Crippen molar-refractivity contribution in [2.75, 3.05) is 18.5 Å². The average Bonchev–Trinajstić information content (AvgIpc) is 2.71. The van der Waals surface area contributed by atoms with Crippen molar-refractivity contribution in [1.29, 1.82) is 0 Å². The van der Waals surface area contributed by atoms with Crippen molar-refractivity contribution in [3.05, 3.63) is 65.7 Å². The van der Waals surface area contributed by atoms with Gasteiger partial charge in [0.1, 0.15) is 0 Å². The number of anilines is 1. The zero-order chi connectivity index (χ0) is 19.2. The number of hydrogen-bond donors (Lipinski definition) is 2. The van der Waals surface area contributed by atoms with Gasteiger partial charge < -0.3 is 16.0 Å². The first kappa shape index (κ1) is 19.7. The van der Waals surface area contributed by atoms with Gasteiger partial charge >= 0.3 is 0 Å². The third-order valence-electron chi connectivity index (χ3n) is 4.94. The van der Waals surface area contributed by atoms with E-state index in [1.165, 1.54) is 0 Å². The SMILES string of the molecule is CCC(CC)(CN)NC(=O)c1cccc(C(=O)N(C)c2ccccc2)c1. The van der Waals surface area contributed by atoms with Crippen molar-refractivity contribution >= 4 is 17.5 Å². The van der Waals surface area contributed by atoms with Crippen LogP contribution in [0.2, 0.25) is 0 Å². The smallest absolute Gasteiger partial charge is 0.258 e. The van der Waals surface area contributed by atoms with Gasteiger partial charge in [-0.25, -0.2) is 0 Å². The van der Waals surface area contributed by atoms with Crippen LogP contribution in [0.25, 0.3) is 0 Å². The third-order valence-corrected chi connectivity index (χ3v) is 4.94. The Hall–Kier alpha value is -2.66. The van der Waals surface area contributed by atoms with Crippen molar-refractivity contribution in [1.82, 2.24) is 5.32 Å². The molecule has 0 aromatic heterocycles. The monoisotopic (exact) mass is 353 g/mol. The molecular weight excluding hydrogens is 326 g/mol. The fraction of sp³-hybridized carbons (Fsp3) is 0.333. The molecule has 0 fully saturated rings. The first-order chi connectivity index (χ1) is 12.5. The van der Waals surface area contributed by atoms with Crippen LogP contribution in [-0.2, 0) is 0 Å². The molecule has 0 spiro atoms. The first-order valence-corrected chi connectivity index (χ1v) is 8.92. The molecule has 2 aromatic carbocycles. The minimum absolute atomic E-state index is 0.165. The Bertz CT molecular complexity index is 747. The van der Waals surface area contributed by atoms with E-state index in [-0.39, 0.29) is 11.8 Å². The van der Waals surface area contributed by atoms with Gasteiger partial charge in [-0.3, -0.25) is 9.59 Å². The van der Waals surface area contributed by atoms with Crippen LogP contribution in [0.15, 0.2) is 54.6 Å². The summed E-state index contributed by atoms with van der Waals surface area (Å²) in [7, 11) is 1.72. The molecule has 0 bridgehead atoms. The fourth-order valence-electron chi connectivity index (χ4n) is 2.84. The zero-order valence-corrected chi connectivity index (χ0v) is 15.7.